The molecule has 3 heterocycles. The SMILES string of the molecule is S=C(Nc1ccccc1)N1CCc2ccc(OCC3CCN(c4ccncc4)CC3)cc2C1. The molecular formula is C27H30N4OS. The van der Waals surface area contributed by atoms with Crippen molar-refractivity contribution in [3.05, 3.63) is 84.2 Å². The van der Waals surface area contributed by atoms with E-state index in [9.17, 15) is 0 Å². The molecule has 0 saturated carbocycles. The van der Waals surface area contributed by atoms with Gasteiger partial charge in [0.1, 0.15) is 5.75 Å². The number of hydrogen-bond donors (Lipinski definition) is 1. The highest BCUT2D eigenvalue weighted by Gasteiger charge is 2.22. The van der Waals surface area contributed by atoms with E-state index in [4.69, 9.17) is 17.0 Å². The number of anilines is 2. The molecule has 2 aliphatic rings. The van der Waals surface area contributed by atoms with E-state index in [2.05, 4.69) is 50.4 Å². The first kappa shape index (κ1) is 21.7. The fourth-order valence-electron chi connectivity index (χ4n) is 4.65. The largest absolute Gasteiger partial charge is 0.493 e. The van der Waals surface area contributed by atoms with Crippen molar-refractivity contribution >= 4 is 28.7 Å². The van der Waals surface area contributed by atoms with E-state index in [1.54, 1.807) is 0 Å². The van der Waals surface area contributed by atoms with E-state index < -0.39 is 0 Å². The van der Waals surface area contributed by atoms with Gasteiger partial charge in [-0.3, -0.25) is 4.98 Å². The second-order valence-electron chi connectivity index (χ2n) is 8.85. The van der Waals surface area contributed by atoms with E-state index in [0.717, 1.165) is 68.6 Å². The Labute approximate surface area is 201 Å². The molecule has 0 aliphatic carbocycles. The highest BCUT2D eigenvalue weighted by molar-refractivity contribution is 7.80. The summed E-state index contributed by atoms with van der Waals surface area (Å²) in [4.78, 5) is 8.80. The van der Waals surface area contributed by atoms with E-state index in [-0.39, 0.29) is 0 Å². The minimum absolute atomic E-state index is 0.596. The van der Waals surface area contributed by atoms with Crippen molar-refractivity contribution in [2.75, 3.05) is 36.5 Å². The summed E-state index contributed by atoms with van der Waals surface area (Å²) >= 11 is 5.68. The van der Waals surface area contributed by atoms with Crippen molar-refractivity contribution in [2.45, 2.75) is 25.8 Å². The predicted molar refractivity (Wildman–Crippen MR) is 138 cm³/mol. The summed E-state index contributed by atoms with van der Waals surface area (Å²) in [6.07, 6.45) is 7.04. The number of benzene rings is 2. The molecular weight excluding hydrogens is 428 g/mol. The number of piperidine rings is 1. The fourth-order valence-corrected chi connectivity index (χ4v) is 4.92. The molecule has 3 aromatic rings. The lowest BCUT2D eigenvalue weighted by Crippen LogP contribution is -2.38. The Morgan fingerprint density at radius 3 is 2.55 bits per heavy atom. The lowest BCUT2D eigenvalue weighted by molar-refractivity contribution is 0.222. The van der Waals surface area contributed by atoms with Gasteiger partial charge in [0.05, 0.1) is 6.61 Å². The van der Waals surface area contributed by atoms with Gasteiger partial charge in [0.25, 0.3) is 0 Å². The Balaban J connectivity index is 1.13. The molecule has 5 rings (SSSR count). The van der Waals surface area contributed by atoms with Crippen molar-refractivity contribution in [1.29, 1.82) is 0 Å². The minimum atomic E-state index is 0.596. The Morgan fingerprint density at radius 1 is 0.970 bits per heavy atom. The van der Waals surface area contributed by atoms with Gasteiger partial charge >= 0.3 is 0 Å². The summed E-state index contributed by atoms with van der Waals surface area (Å²) in [6, 6.07) is 20.9. The average molecular weight is 459 g/mol. The molecule has 0 unspecified atom stereocenters. The van der Waals surface area contributed by atoms with Gasteiger partial charge in [0.2, 0.25) is 0 Å². The maximum absolute atomic E-state index is 6.25. The molecule has 0 atom stereocenters. The third kappa shape index (κ3) is 5.45. The predicted octanol–water partition coefficient (Wildman–Crippen LogP) is 5.13. The number of rotatable bonds is 5. The standard InChI is InChI=1S/C27H30N4OS/c33-27(29-24-4-2-1-3-5-24)31-17-12-22-6-7-26(18-23(22)19-31)32-20-21-10-15-30(16-11-21)25-8-13-28-14-9-25/h1-9,13-14,18,21H,10-12,15-17,19-20H2,(H,29,33). The molecule has 170 valence electrons. The molecule has 33 heavy (non-hydrogen) atoms. The highest BCUT2D eigenvalue weighted by Crippen LogP contribution is 2.27. The van der Waals surface area contributed by atoms with Crippen LogP contribution in [0, 0.1) is 5.92 Å². The van der Waals surface area contributed by atoms with Gasteiger partial charge in [-0.25, -0.2) is 0 Å². The zero-order valence-electron chi connectivity index (χ0n) is 18.8. The number of hydrogen-bond acceptors (Lipinski definition) is 4. The molecule has 0 radical (unpaired) electrons. The van der Waals surface area contributed by atoms with Crippen LogP contribution in [0.4, 0.5) is 11.4 Å². The molecule has 0 amide bonds. The summed E-state index contributed by atoms with van der Waals surface area (Å²) in [5, 5.41) is 4.14. The van der Waals surface area contributed by atoms with Gasteiger partial charge in [-0.1, -0.05) is 24.3 Å². The maximum Gasteiger partial charge on any atom is 0.173 e. The topological polar surface area (TPSA) is 40.6 Å². The number of ether oxygens (including phenoxy) is 1. The van der Waals surface area contributed by atoms with Crippen LogP contribution in [0.25, 0.3) is 0 Å². The van der Waals surface area contributed by atoms with E-state index in [0.29, 0.717) is 5.92 Å². The first-order chi connectivity index (χ1) is 16.2. The van der Waals surface area contributed by atoms with E-state index in [1.807, 2.05) is 42.7 Å². The van der Waals surface area contributed by atoms with Crippen LogP contribution < -0.4 is 15.0 Å². The number of para-hydroxylation sites is 1. The fraction of sp³-hybridized carbons (Fsp3) is 0.333. The molecule has 0 spiro atoms. The van der Waals surface area contributed by atoms with Crippen LogP contribution in [0.3, 0.4) is 0 Å². The van der Waals surface area contributed by atoms with Gasteiger partial charge in [-0.05, 0) is 84.9 Å². The number of thiocarbonyl (C=S) groups is 1. The lowest BCUT2D eigenvalue weighted by atomic mass is 9.97. The summed E-state index contributed by atoms with van der Waals surface area (Å²) < 4.78 is 6.25. The molecule has 5 nitrogen and oxygen atoms in total. The smallest absolute Gasteiger partial charge is 0.173 e. The third-order valence-corrected chi connectivity index (χ3v) is 6.99. The molecule has 1 N–H and O–H groups in total. The van der Waals surface area contributed by atoms with Crippen molar-refractivity contribution < 1.29 is 4.74 Å². The zero-order chi connectivity index (χ0) is 22.5. The molecule has 0 bridgehead atoms. The average Bonchev–Trinajstić information content (AvgIpc) is 2.88. The Hall–Kier alpha value is -3.12. The minimum Gasteiger partial charge on any atom is -0.493 e. The molecule has 1 saturated heterocycles. The summed E-state index contributed by atoms with van der Waals surface area (Å²) in [5.74, 6) is 1.56. The molecule has 6 heteroatoms. The quantitative estimate of drug-likeness (QED) is 0.535. The van der Waals surface area contributed by atoms with Gasteiger partial charge < -0.3 is 19.9 Å². The van der Waals surface area contributed by atoms with Crippen molar-refractivity contribution in [3.63, 3.8) is 0 Å². The van der Waals surface area contributed by atoms with Crippen LogP contribution in [0.1, 0.15) is 24.0 Å². The number of nitrogens with zero attached hydrogens (tertiary/aromatic N) is 3. The van der Waals surface area contributed by atoms with Crippen LogP contribution in [-0.2, 0) is 13.0 Å². The Bertz CT molecular complexity index is 1070. The lowest BCUT2D eigenvalue weighted by Gasteiger charge is -2.33. The number of fused-ring (bicyclic) bond motifs is 1. The second kappa shape index (κ2) is 10.2. The molecule has 1 aromatic heterocycles. The molecule has 1 fully saturated rings. The number of pyridine rings is 1. The second-order valence-corrected chi connectivity index (χ2v) is 9.23. The van der Waals surface area contributed by atoms with Crippen LogP contribution in [0.2, 0.25) is 0 Å². The normalized spacial score (nSPS) is 16.2. The summed E-state index contributed by atoms with van der Waals surface area (Å²) in [6.45, 7) is 4.67. The Morgan fingerprint density at radius 2 is 1.76 bits per heavy atom. The van der Waals surface area contributed by atoms with Gasteiger partial charge in [0.15, 0.2) is 5.11 Å². The van der Waals surface area contributed by atoms with Gasteiger partial charge in [-0.15, -0.1) is 0 Å². The summed E-state index contributed by atoms with van der Waals surface area (Å²) in [5.41, 5.74) is 5.00. The van der Waals surface area contributed by atoms with Crippen LogP contribution in [-0.4, -0.2) is 41.2 Å². The first-order valence-corrected chi connectivity index (χ1v) is 12.2. The number of nitrogens with one attached hydrogen (secondary N) is 1. The summed E-state index contributed by atoms with van der Waals surface area (Å²) in [7, 11) is 0. The third-order valence-electron chi connectivity index (χ3n) is 6.63. The molecule has 2 aliphatic heterocycles. The van der Waals surface area contributed by atoms with Gasteiger partial charge in [0, 0.05) is 49.9 Å². The monoisotopic (exact) mass is 458 g/mol. The highest BCUT2D eigenvalue weighted by atomic mass is 32.1. The first-order valence-electron chi connectivity index (χ1n) is 11.8. The van der Waals surface area contributed by atoms with Crippen LogP contribution >= 0.6 is 12.2 Å². The van der Waals surface area contributed by atoms with Crippen molar-refractivity contribution in [3.8, 4) is 5.75 Å². The Kier molecular flexibility index (Phi) is 6.72. The van der Waals surface area contributed by atoms with E-state index in [1.165, 1.54) is 16.8 Å². The van der Waals surface area contributed by atoms with Crippen molar-refractivity contribution in [1.82, 2.24) is 9.88 Å². The zero-order valence-corrected chi connectivity index (χ0v) is 19.6. The van der Waals surface area contributed by atoms with Gasteiger partial charge in [-0.2, -0.15) is 0 Å². The molecule has 2 aromatic carbocycles. The van der Waals surface area contributed by atoms with Crippen LogP contribution in [0.15, 0.2) is 73.1 Å². The van der Waals surface area contributed by atoms with E-state index >= 15 is 0 Å². The van der Waals surface area contributed by atoms with Crippen LogP contribution in [0.5, 0.6) is 5.75 Å². The maximum atomic E-state index is 6.25. The number of aromatic nitrogens is 1. The van der Waals surface area contributed by atoms with Crippen molar-refractivity contribution in [2.24, 2.45) is 5.92 Å².